The van der Waals surface area contributed by atoms with Crippen molar-refractivity contribution in [2.45, 2.75) is 9.24 Å². The molecule has 4 rings (SSSR count). The van der Waals surface area contributed by atoms with Crippen molar-refractivity contribution in [3.63, 3.8) is 0 Å². The van der Waals surface area contributed by atoms with Gasteiger partial charge in [-0.15, -0.1) is 10.2 Å². The van der Waals surface area contributed by atoms with Crippen LogP contribution in [0.3, 0.4) is 0 Å². The van der Waals surface area contributed by atoms with Crippen molar-refractivity contribution in [1.82, 2.24) is 10.2 Å². The highest BCUT2D eigenvalue weighted by Gasteiger charge is 2.14. The fourth-order valence-electron chi connectivity index (χ4n) is 2.37. The molecule has 0 aliphatic carbocycles. The fraction of sp³-hybridized carbons (Fsp3) is 0. The summed E-state index contributed by atoms with van der Waals surface area (Å²) in [6, 6.07) is 16.7. The second-order valence-electron chi connectivity index (χ2n) is 5.43. The van der Waals surface area contributed by atoms with Gasteiger partial charge in [0.15, 0.2) is 10.1 Å². The number of amides is 1. The number of carbonyl (C=O) groups excluding carboxylic acids is 1. The number of hydrogen-bond acceptors (Lipinski definition) is 6. The van der Waals surface area contributed by atoms with E-state index in [0.29, 0.717) is 17.0 Å². The molecule has 27 heavy (non-hydrogen) atoms. The van der Waals surface area contributed by atoms with Gasteiger partial charge in [-0.1, -0.05) is 35.2 Å². The molecular formula is C19H12FN3O2S2. The van der Waals surface area contributed by atoms with E-state index >= 15 is 0 Å². The van der Waals surface area contributed by atoms with Crippen LogP contribution in [-0.4, -0.2) is 16.1 Å². The first-order valence-corrected chi connectivity index (χ1v) is 9.59. The second kappa shape index (κ2) is 7.73. The van der Waals surface area contributed by atoms with E-state index in [1.165, 1.54) is 35.2 Å². The number of hydrogen-bond donors (Lipinski definition) is 1. The van der Waals surface area contributed by atoms with Crippen LogP contribution >= 0.6 is 23.1 Å². The molecule has 0 unspecified atom stereocenters. The molecule has 0 fully saturated rings. The molecule has 1 N–H and O–H groups in total. The van der Waals surface area contributed by atoms with Gasteiger partial charge in [0.05, 0.1) is 5.56 Å². The number of nitrogens with one attached hydrogen (secondary N) is 1. The number of benzene rings is 2. The molecular weight excluding hydrogens is 385 g/mol. The molecule has 0 atom stereocenters. The Balaban J connectivity index is 1.44. The maximum Gasteiger partial charge on any atom is 0.291 e. The monoisotopic (exact) mass is 397 g/mol. The molecule has 0 bridgehead atoms. The van der Waals surface area contributed by atoms with Crippen LogP contribution in [0.5, 0.6) is 0 Å². The molecule has 0 saturated carbocycles. The molecule has 2 aromatic carbocycles. The van der Waals surface area contributed by atoms with Crippen LogP contribution in [0, 0.1) is 5.82 Å². The molecule has 134 valence electrons. The number of halogens is 1. The van der Waals surface area contributed by atoms with Crippen LogP contribution < -0.4 is 5.32 Å². The summed E-state index contributed by atoms with van der Waals surface area (Å²) in [5.74, 6) is -0.382. The minimum Gasteiger partial charge on any atom is -0.451 e. The Morgan fingerprint density at radius 1 is 1.07 bits per heavy atom. The number of nitrogens with zero attached hydrogens (tertiary/aromatic N) is 2. The molecule has 0 aliphatic rings. The summed E-state index contributed by atoms with van der Waals surface area (Å²) in [5.41, 5.74) is 2.62. The summed E-state index contributed by atoms with van der Waals surface area (Å²) in [5, 5.41) is 10.5. The number of aromatic nitrogens is 2. The molecule has 8 heteroatoms. The molecule has 0 radical (unpaired) electrons. The predicted molar refractivity (Wildman–Crippen MR) is 103 cm³/mol. The minimum absolute atomic E-state index is 0.112. The number of carbonyl (C=O) groups is 1. The zero-order valence-electron chi connectivity index (χ0n) is 13.8. The molecule has 2 heterocycles. The lowest BCUT2D eigenvalue weighted by Crippen LogP contribution is -2.10. The molecule has 5 nitrogen and oxygen atoms in total. The van der Waals surface area contributed by atoms with E-state index in [0.717, 1.165) is 9.24 Å². The van der Waals surface area contributed by atoms with Crippen LogP contribution in [0.25, 0.3) is 11.3 Å². The van der Waals surface area contributed by atoms with E-state index < -0.39 is 11.7 Å². The second-order valence-corrected chi connectivity index (χ2v) is 7.58. The Kier molecular flexibility index (Phi) is 4.99. The van der Waals surface area contributed by atoms with E-state index in [9.17, 15) is 9.18 Å². The standard InChI is InChI=1S/C19H12FN3O2S2/c20-15-4-2-1-3-14(15)16-9-10-17(25-16)18(24)22-12-5-7-13(8-6-12)27-19-23-21-11-26-19/h1-11H,(H,22,24). The van der Waals surface area contributed by atoms with Crippen molar-refractivity contribution in [3.8, 4) is 11.3 Å². The molecule has 1 amide bonds. The van der Waals surface area contributed by atoms with Crippen molar-refractivity contribution in [2.75, 3.05) is 5.32 Å². The summed E-state index contributed by atoms with van der Waals surface area (Å²) in [7, 11) is 0. The zero-order chi connectivity index (χ0) is 18.6. The Bertz CT molecular complexity index is 1060. The molecule has 0 saturated heterocycles. The van der Waals surface area contributed by atoms with Gasteiger partial charge in [-0.25, -0.2) is 4.39 Å². The first-order chi connectivity index (χ1) is 13.2. The Morgan fingerprint density at radius 3 is 2.63 bits per heavy atom. The summed E-state index contributed by atoms with van der Waals surface area (Å²) >= 11 is 2.96. The van der Waals surface area contributed by atoms with Gasteiger partial charge in [-0.05, 0) is 48.5 Å². The zero-order valence-corrected chi connectivity index (χ0v) is 15.4. The van der Waals surface area contributed by atoms with Gasteiger partial charge in [0.2, 0.25) is 0 Å². The largest absolute Gasteiger partial charge is 0.451 e. The van der Waals surface area contributed by atoms with Crippen LogP contribution in [0.2, 0.25) is 0 Å². The minimum atomic E-state index is -0.401. The lowest BCUT2D eigenvalue weighted by molar-refractivity contribution is 0.0997. The third-order valence-electron chi connectivity index (χ3n) is 3.63. The van der Waals surface area contributed by atoms with Crippen molar-refractivity contribution < 1.29 is 13.6 Å². The van der Waals surface area contributed by atoms with Crippen molar-refractivity contribution in [1.29, 1.82) is 0 Å². The van der Waals surface area contributed by atoms with Crippen molar-refractivity contribution in [3.05, 3.63) is 77.8 Å². The Labute approximate surface area is 162 Å². The first kappa shape index (κ1) is 17.4. The van der Waals surface area contributed by atoms with Crippen LogP contribution in [0.1, 0.15) is 10.6 Å². The molecule has 4 aromatic rings. The average molecular weight is 397 g/mol. The molecule has 0 aliphatic heterocycles. The van der Waals surface area contributed by atoms with Crippen molar-refractivity contribution >= 4 is 34.7 Å². The van der Waals surface area contributed by atoms with Crippen LogP contribution in [0.15, 0.2) is 79.8 Å². The smallest absolute Gasteiger partial charge is 0.291 e. The highest BCUT2D eigenvalue weighted by molar-refractivity contribution is 8.01. The Hall–Kier alpha value is -2.97. The summed E-state index contributed by atoms with van der Waals surface area (Å²) in [6.45, 7) is 0. The SMILES string of the molecule is O=C(Nc1ccc(Sc2nncs2)cc1)c1ccc(-c2ccccc2F)o1. The van der Waals surface area contributed by atoms with E-state index in [4.69, 9.17) is 4.42 Å². The normalized spacial score (nSPS) is 10.7. The van der Waals surface area contributed by atoms with Crippen LogP contribution in [-0.2, 0) is 0 Å². The van der Waals surface area contributed by atoms with Gasteiger partial charge in [0.1, 0.15) is 17.1 Å². The maximum atomic E-state index is 13.8. The number of anilines is 1. The van der Waals surface area contributed by atoms with Gasteiger partial charge in [0, 0.05) is 10.6 Å². The van der Waals surface area contributed by atoms with E-state index in [-0.39, 0.29) is 5.76 Å². The Morgan fingerprint density at radius 2 is 1.89 bits per heavy atom. The van der Waals surface area contributed by atoms with Gasteiger partial charge >= 0.3 is 0 Å². The highest BCUT2D eigenvalue weighted by Crippen LogP contribution is 2.29. The van der Waals surface area contributed by atoms with Gasteiger partial charge < -0.3 is 9.73 Å². The number of furan rings is 1. The number of rotatable bonds is 5. The van der Waals surface area contributed by atoms with Gasteiger partial charge in [-0.3, -0.25) is 4.79 Å². The van der Waals surface area contributed by atoms with Crippen LogP contribution in [0.4, 0.5) is 10.1 Å². The van der Waals surface area contributed by atoms with E-state index in [1.54, 1.807) is 41.9 Å². The first-order valence-electron chi connectivity index (χ1n) is 7.89. The lowest BCUT2D eigenvalue weighted by atomic mass is 10.1. The summed E-state index contributed by atoms with van der Waals surface area (Å²) in [6.07, 6.45) is 0. The summed E-state index contributed by atoms with van der Waals surface area (Å²) < 4.78 is 20.2. The van der Waals surface area contributed by atoms with E-state index in [1.807, 2.05) is 12.1 Å². The third-order valence-corrected chi connectivity index (χ3v) is 5.41. The van der Waals surface area contributed by atoms with E-state index in [2.05, 4.69) is 15.5 Å². The average Bonchev–Trinajstić information content (AvgIpc) is 3.36. The quantitative estimate of drug-likeness (QED) is 0.492. The van der Waals surface area contributed by atoms with Crippen molar-refractivity contribution in [2.24, 2.45) is 0 Å². The summed E-state index contributed by atoms with van der Waals surface area (Å²) in [4.78, 5) is 13.4. The fourth-order valence-corrected chi connectivity index (χ4v) is 3.82. The topological polar surface area (TPSA) is 68.0 Å². The molecule has 2 aromatic heterocycles. The highest BCUT2D eigenvalue weighted by atomic mass is 32.2. The van der Waals surface area contributed by atoms with Gasteiger partial charge in [-0.2, -0.15) is 0 Å². The van der Waals surface area contributed by atoms with Gasteiger partial charge in [0.25, 0.3) is 5.91 Å². The lowest BCUT2D eigenvalue weighted by Gasteiger charge is -2.04. The third kappa shape index (κ3) is 4.07. The molecule has 0 spiro atoms. The maximum absolute atomic E-state index is 13.8. The predicted octanol–water partition coefficient (Wildman–Crippen LogP) is 5.34.